The van der Waals surface area contributed by atoms with Gasteiger partial charge in [0, 0.05) is 19.0 Å². The lowest BCUT2D eigenvalue weighted by atomic mass is 9.96. The van der Waals surface area contributed by atoms with Gasteiger partial charge >= 0.3 is 12.3 Å². The smallest absolute Gasteiger partial charge is 0.425 e. The molecule has 0 aromatic rings. The van der Waals surface area contributed by atoms with E-state index in [9.17, 15) is 22.2 Å². The highest BCUT2D eigenvalue weighted by Gasteiger charge is 2.47. The third-order valence-corrected chi connectivity index (χ3v) is 3.02. The number of nitrogens with zero attached hydrogens (tertiary/aromatic N) is 1. The minimum absolute atomic E-state index is 0.126. The maximum Gasteiger partial charge on any atom is 0.425 e. The first-order chi connectivity index (χ1) is 8.04. The molecule has 1 aliphatic rings. The van der Waals surface area contributed by atoms with Crippen LogP contribution in [0.2, 0.25) is 0 Å². The van der Waals surface area contributed by atoms with Gasteiger partial charge in [-0.1, -0.05) is 0 Å². The molecule has 1 saturated heterocycles. The first kappa shape index (κ1) is 15.0. The van der Waals surface area contributed by atoms with Crippen LogP contribution in [0, 0.1) is 5.92 Å². The Morgan fingerprint density at radius 1 is 1.28 bits per heavy atom. The standard InChI is InChI=1S/C10H14F3NO3S/c1-9(2,3)17-8(15)14-4-6(5-14)7(18-16)10(11,12)13/h6H,4-5H2,1-3H3. The first-order valence-electron chi connectivity index (χ1n) is 5.26. The molecular formula is C10H14F3NO3S. The number of hydrogen-bond acceptors (Lipinski definition) is 3. The molecule has 1 aliphatic heterocycles. The Hall–Kier alpha value is -1.05. The second-order valence-electron chi connectivity index (χ2n) is 5.03. The maximum absolute atomic E-state index is 12.4. The Labute approximate surface area is 106 Å². The fourth-order valence-electron chi connectivity index (χ4n) is 1.47. The predicted molar refractivity (Wildman–Crippen MR) is 60.5 cm³/mol. The van der Waals surface area contributed by atoms with E-state index in [1.54, 1.807) is 20.8 Å². The van der Waals surface area contributed by atoms with Crippen LogP contribution in [0.5, 0.6) is 0 Å². The molecule has 8 heteroatoms. The van der Waals surface area contributed by atoms with E-state index in [0.29, 0.717) is 0 Å². The molecule has 0 unspecified atom stereocenters. The van der Waals surface area contributed by atoms with Crippen LogP contribution in [0.4, 0.5) is 18.0 Å². The molecule has 1 rings (SSSR count). The summed E-state index contributed by atoms with van der Waals surface area (Å²) in [7, 11) is 0. The summed E-state index contributed by atoms with van der Waals surface area (Å²) in [5.74, 6) is -0.931. The molecular weight excluding hydrogens is 271 g/mol. The van der Waals surface area contributed by atoms with Gasteiger partial charge in [-0.15, -0.1) is 0 Å². The van der Waals surface area contributed by atoms with E-state index in [0.717, 1.165) is 4.90 Å². The Bertz CT molecular complexity index is 390. The maximum atomic E-state index is 12.4. The van der Waals surface area contributed by atoms with E-state index in [2.05, 4.69) is 0 Å². The number of alkyl halides is 3. The molecule has 1 amide bonds. The number of ether oxygens (including phenoxy) is 1. The number of amides is 1. The van der Waals surface area contributed by atoms with Gasteiger partial charge in [-0.3, -0.25) is 0 Å². The van der Waals surface area contributed by atoms with Crippen molar-refractivity contribution in [2.24, 2.45) is 5.92 Å². The van der Waals surface area contributed by atoms with Gasteiger partial charge in [0.1, 0.15) is 10.5 Å². The highest BCUT2D eigenvalue weighted by atomic mass is 32.1. The van der Waals surface area contributed by atoms with E-state index < -0.39 is 39.9 Å². The molecule has 0 aliphatic carbocycles. The van der Waals surface area contributed by atoms with Gasteiger partial charge in [0.2, 0.25) is 0 Å². The Morgan fingerprint density at radius 3 is 2.11 bits per heavy atom. The molecule has 0 radical (unpaired) electrons. The van der Waals surface area contributed by atoms with Crippen molar-refractivity contribution in [3.63, 3.8) is 0 Å². The lowest BCUT2D eigenvalue weighted by Gasteiger charge is -2.40. The molecule has 0 aromatic heterocycles. The SMILES string of the molecule is CC(C)(C)OC(=O)N1CC(C(=S=O)C(F)(F)F)C1. The topological polar surface area (TPSA) is 46.6 Å². The summed E-state index contributed by atoms with van der Waals surface area (Å²) >= 11 is -0.549. The summed E-state index contributed by atoms with van der Waals surface area (Å²) in [5, 5.41) is 0. The van der Waals surface area contributed by atoms with Crippen LogP contribution >= 0.6 is 0 Å². The average Bonchev–Trinajstić information content (AvgIpc) is 2.04. The minimum atomic E-state index is -4.61. The van der Waals surface area contributed by atoms with E-state index in [1.807, 2.05) is 0 Å². The number of halogens is 3. The molecule has 0 bridgehead atoms. The van der Waals surface area contributed by atoms with E-state index >= 15 is 0 Å². The Morgan fingerprint density at radius 2 is 1.78 bits per heavy atom. The fraction of sp³-hybridized carbons (Fsp3) is 0.800. The number of likely N-dealkylation sites (tertiary alicyclic amines) is 1. The van der Waals surface area contributed by atoms with E-state index in [1.165, 1.54) is 0 Å². The number of rotatable bonds is 1. The van der Waals surface area contributed by atoms with Crippen LogP contribution < -0.4 is 0 Å². The van der Waals surface area contributed by atoms with Crippen LogP contribution in [0.15, 0.2) is 0 Å². The van der Waals surface area contributed by atoms with Crippen molar-refractivity contribution < 1.29 is 26.9 Å². The van der Waals surface area contributed by atoms with Crippen LogP contribution in [0.3, 0.4) is 0 Å². The molecule has 0 atom stereocenters. The van der Waals surface area contributed by atoms with Crippen LogP contribution in [0.25, 0.3) is 0 Å². The average molecular weight is 285 g/mol. The van der Waals surface area contributed by atoms with Crippen LogP contribution in [-0.2, 0) is 16.0 Å². The zero-order chi connectivity index (χ0) is 14.1. The normalized spacial score (nSPS) is 17.1. The van der Waals surface area contributed by atoms with Gasteiger partial charge in [-0.25, -0.2) is 9.00 Å². The van der Waals surface area contributed by atoms with Gasteiger partial charge in [0.25, 0.3) is 0 Å². The van der Waals surface area contributed by atoms with Crippen molar-refractivity contribution in [3.05, 3.63) is 0 Å². The van der Waals surface area contributed by atoms with Gasteiger partial charge in [-0.05, 0) is 20.8 Å². The largest absolute Gasteiger partial charge is 0.444 e. The Balaban J connectivity index is 2.55. The van der Waals surface area contributed by atoms with Gasteiger partial charge in [0.15, 0.2) is 0 Å². The molecule has 1 fully saturated rings. The monoisotopic (exact) mass is 285 g/mol. The summed E-state index contributed by atoms with van der Waals surface area (Å²) in [6.07, 6.45) is -5.27. The molecule has 0 saturated carbocycles. The fourth-order valence-corrected chi connectivity index (χ4v) is 1.85. The van der Waals surface area contributed by atoms with Crippen molar-refractivity contribution in [1.82, 2.24) is 4.90 Å². The number of carbonyl (C=O) groups excluding carboxylic acids is 1. The predicted octanol–water partition coefficient (Wildman–Crippen LogP) is 1.80. The van der Waals surface area contributed by atoms with Gasteiger partial charge < -0.3 is 9.64 Å². The quantitative estimate of drug-likeness (QED) is 0.690. The second kappa shape index (κ2) is 4.91. The third kappa shape index (κ3) is 3.72. The lowest BCUT2D eigenvalue weighted by molar-refractivity contribution is -0.0656. The summed E-state index contributed by atoms with van der Waals surface area (Å²) in [6, 6.07) is 0. The molecule has 1 heterocycles. The van der Waals surface area contributed by atoms with Crippen molar-refractivity contribution in [2.75, 3.05) is 13.1 Å². The molecule has 0 N–H and O–H groups in total. The highest BCUT2D eigenvalue weighted by molar-refractivity contribution is 7.66. The van der Waals surface area contributed by atoms with E-state index in [4.69, 9.17) is 4.74 Å². The molecule has 18 heavy (non-hydrogen) atoms. The minimum Gasteiger partial charge on any atom is -0.444 e. The van der Waals surface area contributed by atoms with Crippen molar-refractivity contribution in [1.29, 1.82) is 0 Å². The summed E-state index contributed by atoms with van der Waals surface area (Å²) in [6.45, 7) is 4.76. The second-order valence-corrected chi connectivity index (χ2v) is 5.63. The zero-order valence-corrected chi connectivity index (χ0v) is 11.0. The van der Waals surface area contributed by atoms with Crippen molar-refractivity contribution in [3.8, 4) is 0 Å². The third-order valence-electron chi connectivity index (χ3n) is 2.27. The van der Waals surface area contributed by atoms with Crippen LogP contribution in [0.1, 0.15) is 20.8 Å². The van der Waals surface area contributed by atoms with E-state index in [-0.39, 0.29) is 13.1 Å². The zero-order valence-electron chi connectivity index (χ0n) is 10.2. The molecule has 4 nitrogen and oxygen atoms in total. The van der Waals surface area contributed by atoms with Crippen molar-refractivity contribution >= 4 is 22.2 Å². The molecule has 0 aromatic carbocycles. The molecule has 104 valence electrons. The highest BCUT2D eigenvalue weighted by Crippen LogP contribution is 2.28. The number of carbonyl (C=O) groups is 1. The Kier molecular flexibility index (Phi) is 4.09. The van der Waals surface area contributed by atoms with Crippen molar-refractivity contribution in [2.45, 2.75) is 32.5 Å². The van der Waals surface area contributed by atoms with Gasteiger partial charge in [0.05, 0.1) is 11.3 Å². The van der Waals surface area contributed by atoms with Gasteiger partial charge in [-0.2, -0.15) is 13.2 Å². The number of hydrogen-bond donors (Lipinski definition) is 0. The van der Waals surface area contributed by atoms with Crippen LogP contribution in [-0.4, -0.2) is 44.9 Å². The first-order valence-corrected chi connectivity index (χ1v) is 6.00. The molecule has 0 spiro atoms. The summed E-state index contributed by atoms with van der Waals surface area (Å²) in [5.41, 5.74) is -0.688. The summed E-state index contributed by atoms with van der Waals surface area (Å²) < 4.78 is 52.6. The summed E-state index contributed by atoms with van der Waals surface area (Å²) in [4.78, 5) is 11.5. The lowest BCUT2D eigenvalue weighted by Crippen LogP contribution is -2.56.